The number of carbonyl (C=O) groups is 3. The number of urea groups is 1. The molecule has 0 saturated heterocycles. The summed E-state index contributed by atoms with van der Waals surface area (Å²) in [7, 11) is 0. The Bertz CT molecular complexity index is 388. The molecule has 21 heavy (non-hydrogen) atoms. The minimum Gasteiger partial charge on any atom is -0.481 e. The lowest BCUT2D eigenvalue weighted by Crippen LogP contribution is -2.54. The second-order valence-corrected chi connectivity index (χ2v) is 6.72. The number of carbonyl (C=O) groups excluding carboxylic acids is 2. The highest BCUT2D eigenvalue weighted by molar-refractivity contribution is 5.87. The first kappa shape index (κ1) is 19.2. The van der Waals surface area contributed by atoms with E-state index in [1.807, 2.05) is 34.6 Å². The number of carboxylic acids is 1. The second kappa shape index (κ2) is 7.85. The Morgan fingerprint density at radius 2 is 1.67 bits per heavy atom. The summed E-state index contributed by atoms with van der Waals surface area (Å²) in [6.07, 6.45) is 0.249. The molecule has 0 bridgehead atoms. The molecule has 0 spiro atoms. The van der Waals surface area contributed by atoms with Gasteiger partial charge in [-0.25, -0.2) is 4.79 Å². The molecule has 7 nitrogen and oxygen atoms in total. The minimum atomic E-state index is -0.988. The van der Waals surface area contributed by atoms with E-state index in [9.17, 15) is 14.4 Å². The molecule has 0 aromatic heterocycles. The van der Waals surface area contributed by atoms with Gasteiger partial charge in [0.1, 0.15) is 6.04 Å². The lowest BCUT2D eigenvalue weighted by atomic mass is 9.84. The van der Waals surface area contributed by atoms with Crippen LogP contribution in [-0.4, -0.2) is 35.1 Å². The molecule has 0 fully saturated rings. The number of hydrogen-bond acceptors (Lipinski definition) is 3. The number of primary amides is 1. The van der Waals surface area contributed by atoms with E-state index >= 15 is 0 Å². The number of nitrogens with two attached hydrogens (primary N) is 1. The normalized spacial score (nSPS) is 14.4. The summed E-state index contributed by atoms with van der Waals surface area (Å²) in [6, 6.07) is -2.07. The van der Waals surface area contributed by atoms with Crippen molar-refractivity contribution in [2.45, 2.75) is 59.5 Å². The predicted octanol–water partition coefficient (Wildman–Crippen LogP) is 1.08. The average Bonchev–Trinajstić information content (AvgIpc) is 2.23. The van der Waals surface area contributed by atoms with Gasteiger partial charge in [-0.15, -0.1) is 0 Å². The molecule has 0 aromatic carbocycles. The highest BCUT2D eigenvalue weighted by Gasteiger charge is 2.31. The molecule has 122 valence electrons. The molecule has 3 amide bonds. The first-order valence-corrected chi connectivity index (χ1v) is 7.01. The molecule has 0 heterocycles. The predicted molar refractivity (Wildman–Crippen MR) is 79.6 cm³/mol. The van der Waals surface area contributed by atoms with E-state index in [1.165, 1.54) is 0 Å². The molecule has 0 aromatic rings. The highest BCUT2D eigenvalue weighted by Crippen LogP contribution is 2.22. The van der Waals surface area contributed by atoms with E-state index in [0.29, 0.717) is 6.42 Å². The van der Waals surface area contributed by atoms with Crippen molar-refractivity contribution in [2.75, 3.05) is 0 Å². The molecule has 0 aliphatic heterocycles. The van der Waals surface area contributed by atoms with Crippen LogP contribution in [0.1, 0.15) is 47.5 Å². The first-order chi connectivity index (χ1) is 9.43. The Hall–Kier alpha value is -1.79. The van der Waals surface area contributed by atoms with Gasteiger partial charge in [-0.05, 0) is 17.8 Å². The summed E-state index contributed by atoms with van der Waals surface area (Å²) >= 11 is 0. The summed E-state index contributed by atoms with van der Waals surface area (Å²) in [4.78, 5) is 34.2. The molecule has 0 aliphatic rings. The fraction of sp³-hybridized carbons (Fsp3) is 0.786. The van der Waals surface area contributed by atoms with E-state index in [-0.39, 0.29) is 12.3 Å². The van der Waals surface area contributed by atoms with Crippen molar-refractivity contribution in [1.29, 1.82) is 0 Å². The average molecular weight is 301 g/mol. The number of aliphatic carboxylic acids is 1. The summed E-state index contributed by atoms with van der Waals surface area (Å²) in [5.74, 6) is -1.22. The molecule has 2 atom stereocenters. The number of nitrogens with one attached hydrogen (secondary N) is 2. The topological polar surface area (TPSA) is 122 Å². The standard InChI is InChI=1S/C14H27N3O4/c1-8(2)6-9(16-13(15)21)12(20)17-10(7-11(18)19)14(3,4)5/h8-10H,6-7H2,1-5H3,(H,17,20)(H,18,19)(H3,15,16,21). The van der Waals surface area contributed by atoms with Gasteiger partial charge >= 0.3 is 12.0 Å². The van der Waals surface area contributed by atoms with Crippen molar-refractivity contribution in [3.63, 3.8) is 0 Å². The van der Waals surface area contributed by atoms with Crippen LogP contribution in [0.2, 0.25) is 0 Å². The molecule has 2 unspecified atom stereocenters. The van der Waals surface area contributed by atoms with Crippen LogP contribution in [-0.2, 0) is 9.59 Å². The van der Waals surface area contributed by atoms with E-state index < -0.39 is 35.4 Å². The molecular weight excluding hydrogens is 274 g/mol. The molecule has 0 rings (SSSR count). The zero-order chi connectivity index (χ0) is 16.8. The molecule has 0 aliphatic carbocycles. The summed E-state index contributed by atoms with van der Waals surface area (Å²) in [6.45, 7) is 9.38. The maximum atomic E-state index is 12.3. The van der Waals surface area contributed by atoms with Crippen LogP contribution in [0.25, 0.3) is 0 Å². The van der Waals surface area contributed by atoms with Crippen LogP contribution in [0.5, 0.6) is 0 Å². The quantitative estimate of drug-likeness (QED) is 0.562. The number of rotatable bonds is 7. The Morgan fingerprint density at radius 1 is 1.14 bits per heavy atom. The van der Waals surface area contributed by atoms with Crippen LogP contribution in [0, 0.1) is 11.3 Å². The van der Waals surface area contributed by atoms with Crippen molar-refractivity contribution in [3.8, 4) is 0 Å². The van der Waals surface area contributed by atoms with Gasteiger partial charge in [-0.3, -0.25) is 9.59 Å². The lowest BCUT2D eigenvalue weighted by Gasteiger charge is -2.32. The molecule has 5 N–H and O–H groups in total. The van der Waals surface area contributed by atoms with Crippen LogP contribution >= 0.6 is 0 Å². The van der Waals surface area contributed by atoms with E-state index in [0.717, 1.165) is 0 Å². The number of carboxylic acid groups (broad SMARTS) is 1. The van der Waals surface area contributed by atoms with Gasteiger partial charge < -0.3 is 21.5 Å². The third-order valence-corrected chi connectivity index (χ3v) is 3.08. The van der Waals surface area contributed by atoms with Crippen LogP contribution in [0.4, 0.5) is 4.79 Å². The Morgan fingerprint density at radius 3 is 2.00 bits per heavy atom. The van der Waals surface area contributed by atoms with Crippen LogP contribution in [0.15, 0.2) is 0 Å². The van der Waals surface area contributed by atoms with Crippen molar-refractivity contribution >= 4 is 17.9 Å². The zero-order valence-corrected chi connectivity index (χ0v) is 13.4. The lowest BCUT2D eigenvalue weighted by molar-refractivity contribution is -0.138. The maximum Gasteiger partial charge on any atom is 0.312 e. The minimum absolute atomic E-state index is 0.180. The third kappa shape index (κ3) is 8.16. The molecule has 0 saturated carbocycles. The SMILES string of the molecule is CC(C)CC(NC(N)=O)C(=O)NC(CC(=O)O)C(C)(C)C. The van der Waals surface area contributed by atoms with Gasteiger partial charge in [-0.1, -0.05) is 34.6 Å². The third-order valence-electron chi connectivity index (χ3n) is 3.08. The summed E-state index contributed by atoms with van der Waals surface area (Å²) in [5, 5.41) is 14.1. The maximum absolute atomic E-state index is 12.3. The Balaban J connectivity index is 4.97. The van der Waals surface area contributed by atoms with Gasteiger partial charge in [0.05, 0.1) is 6.42 Å². The molecular formula is C14H27N3O4. The Kier molecular flexibility index (Phi) is 7.18. The van der Waals surface area contributed by atoms with E-state index in [4.69, 9.17) is 10.8 Å². The fourth-order valence-electron chi connectivity index (χ4n) is 1.90. The number of amides is 3. The van der Waals surface area contributed by atoms with Gasteiger partial charge in [0.25, 0.3) is 0 Å². The monoisotopic (exact) mass is 301 g/mol. The van der Waals surface area contributed by atoms with Crippen molar-refractivity contribution in [2.24, 2.45) is 17.1 Å². The Labute approximate surface area is 125 Å². The second-order valence-electron chi connectivity index (χ2n) is 6.72. The van der Waals surface area contributed by atoms with Crippen LogP contribution in [0.3, 0.4) is 0 Å². The van der Waals surface area contributed by atoms with Crippen molar-refractivity contribution in [1.82, 2.24) is 10.6 Å². The summed E-state index contributed by atoms with van der Waals surface area (Å²) < 4.78 is 0. The van der Waals surface area contributed by atoms with Crippen LogP contribution < -0.4 is 16.4 Å². The van der Waals surface area contributed by atoms with Crippen molar-refractivity contribution < 1.29 is 19.5 Å². The van der Waals surface area contributed by atoms with E-state index in [1.54, 1.807) is 0 Å². The smallest absolute Gasteiger partial charge is 0.312 e. The zero-order valence-electron chi connectivity index (χ0n) is 13.4. The first-order valence-electron chi connectivity index (χ1n) is 7.01. The van der Waals surface area contributed by atoms with Gasteiger partial charge in [0, 0.05) is 6.04 Å². The largest absolute Gasteiger partial charge is 0.481 e. The number of hydrogen-bond donors (Lipinski definition) is 4. The summed E-state index contributed by atoms with van der Waals surface area (Å²) in [5.41, 5.74) is 4.67. The fourth-order valence-corrected chi connectivity index (χ4v) is 1.90. The van der Waals surface area contributed by atoms with Gasteiger partial charge in [0.2, 0.25) is 5.91 Å². The van der Waals surface area contributed by atoms with Crippen molar-refractivity contribution in [3.05, 3.63) is 0 Å². The van der Waals surface area contributed by atoms with Gasteiger partial charge in [0.15, 0.2) is 0 Å². The molecule has 0 radical (unpaired) electrons. The van der Waals surface area contributed by atoms with Gasteiger partial charge in [-0.2, -0.15) is 0 Å². The highest BCUT2D eigenvalue weighted by atomic mass is 16.4. The van der Waals surface area contributed by atoms with E-state index in [2.05, 4.69) is 10.6 Å². The molecule has 7 heteroatoms.